The van der Waals surface area contributed by atoms with Crippen molar-refractivity contribution in [1.29, 1.82) is 0 Å². The summed E-state index contributed by atoms with van der Waals surface area (Å²) in [7, 11) is 0. The first-order valence-electron chi connectivity index (χ1n) is 9.65. The van der Waals surface area contributed by atoms with E-state index in [1.165, 1.54) is 10.9 Å². The highest BCUT2D eigenvalue weighted by Gasteiger charge is 2.38. The zero-order valence-corrected chi connectivity index (χ0v) is 14.9. The number of aryl methyl sites for hydroxylation is 1. The van der Waals surface area contributed by atoms with Crippen molar-refractivity contribution in [3.05, 3.63) is 35.6 Å². The summed E-state index contributed by atoms with van der Waals surface area (Å²) in [4.78, 5) is 15.0. The van der Waals surface area contributed by atoms with Gasteiger partial charge in [0.2, 0.25) is 5.91 Å². The van der Waals surface area contributed by atoms with E-state index >= 15 is 0 Å². The molecule has 2 aromatic rings. The predicted octanol–water partition coefficient (Wildman–Crippen LogP) is 3.69. The molecule has 134 valence electrons. The van der Waals surface area contributed by atoms with E-state index in [1.54, 1.807) is 0 Å². The molecule has 0 spiro atoms. The highest BCUT2D eigenvalue weighted by Crippen LogP contribution is 2.33. The van der Waals surface area contributed by atoms with Crippen molar-refractivity contribution >= 4 is 16.9 Å². The van der Waals surface area contributed by atoms with Crippen molar-refractivity contribution in [1.82, 2.24) is 4.90 Å². The van der Waals surface area contributed by atoms with E-state index in [2.05, 4.69) is 17.9 Å². The minimum Gasteiger partial charge on any atom is -0.461 e. The summed E-state index contributed by atoms with van der Waals surface area (Å²) < 4.78 is 6.09. The molecule has 1 amide bonds. The van der Waals surface area contributed by atoms with Gasteiger partial charge in [0.15, 0.2) is 0 Å². The number of fused-ring (bicyclic) bond motifs is 1. The van der Waals surface area contributed by atoms with E-state index in [9.17, 15) is 9.90 Å². The average Bonchev–Trinajstić information content (AvgIpc) is 3.16. The van der Waals surface area contributed by atoms with Crippen molar-refractivity contribution in [3.63, 3.8) is 0 Å². The quantitative estimate of drug-likeness (QED) is 0.923. The molecule has 2 fully saturated rings. The van der Waals surface area contributed by atoms with E-state index < -0.39 is 0 Å². The summed E-state index contributed by atoms with van der Waals surface area (Å²) in [6, 6.07) is 8.48. The summed E-state index contributed by atoms with van der Waals surface area (Å²) in [5.41, 5.74) is 2.18. The molecule has 2 aliphatic rings. The molecule has 1 aromatic heterocycles. The first-order valence-corrected chi connectivity index (χ1v) is 9.65. The SMILES string of the molecule is CCc1c(CC2CCN(C3CCC(O)CC3)C2=O)oc2ccccc12. The number of nitrogens with zero attached hydrogens (tertiary/aromatic N) is 1. The Morgan fingerprint density at radius 3 is 2.68 bits per heavy atom. The van der Waals surface area contributed by atoms with Crippen molar-refractivity contribution in [2.24, 2.45) is 5.92 Å². The fourth-order valence-electron chi connectivity index (χ4n) is 4.61. The Kier molecular flexibility index (Phi) is 4.55. The van der Waals surface area contributed by atoms with Crippen LogP contribution in [-0.4, -0.2) is 34.6 Å². The highest BCUT2D eigenvalue weighted by atomic mass is 16.3. The fourth-order valence-corrected chi connectivity index (χ4v) is 4.61. The Bertz CT molecular complexity index is 758. The van der Waals surface area contributed by atoms with Crippen LogP contribution in [0, 0.1) is 5.92 Å². The lowest BCUT2D eigenvalue weighted by Gasteiger charge is -2.33. The van der Waals surface area contributed by atoms with Crippen LogP contribution < -0.4 is 0 Å². The van der Waals surface area contributed by atoms with Gasteiger partial charge in [0.25, 0.3) is 0 Å². The molecule has 1 unspecified atom stereocenters. The van der Waals surface area contributed by atoms with Gasteiger partial charge in [-0.15, -0.1) is 0 Å². The van der Waals surface area contributed by atoms with Crippen LogP contribution in [0.1, 0.15) is 50.4 Å². The number of rotatable bonds is 4. The maximum Gasteiger partial charge on any atom is 0.226 e. The number of amides is 1. The van der Waals surface area contributed by atoms with Crippen LogP contribution in [0.2, 0.25) is 0 Å². The molecule has 2 heterocycles. The number of aliphatic hydroxyl groups is 1. The number of hydrogen-bond acceptors (Lipinski definition) is 3. The number of hydrogen-bond donors (Lipinski definition) is 1. The van der Waals surface area contributed by atoms with Crippen LogP contribution in [0.4, 0.5) is 0 Å². The average molecular weight is 341 g/mol. The van der Waals surface area contributed by atoms with Crippen LogP contribution in [0.3, 0.4) is 0 Å². The molecular formula is C21H27NO3. The van der Waals surface area contributed by atoms with E-state index in [0.29, 0.717) is 12.5 Å². The van der Waals surface area contributed by atoms with Crippen molar-refractivity contribution in [3.8, 4) is 0 Å². The summed E-state index contributed by atoms with van der Waals surface area (Å²) in [6.45, 7) is 3.00. The molecule has 1 saturated heterocycles. The van der Waals surface area contributed by atoms with Gasteiger partial charge in [-0.25, -0.2) is 0 Å². The van der Waals surface area contributed by atoms with Gasteiger partial charge >= 0.3 is 0 Å². The molecule has 1 aliphatic heterocycles. The smallest absolute Gasteiger partial charge is 0.226 e. The lowest BCUT2D eigenvalue weighted by molar-refractivity contribution is -0.134. The zero-order chi connectivity index (χ0) is 17.4. The van der Waals surface area contributed by atoms with Gasteiger partial charge in [0.1, 0.15) is 11.3 Å². The van der Waals surface area contributed by atoms with Crippen molar-refractivity contribution in [2.45, 2.75) is 64.0 Å². The van der Waals surface area contributed by atoms with E-state index in [-0.39, 0.29) is 17.9 Å². The highest BCUT2D eigenvalue weighted by molar-refractivity contribution is 5.84. The van der Waals surface area contributed by atoms with Crippen LogP contribution in [-0.2, 0) is 17.6 Å². The Hall–Kier alpha value is -1.81. The summed E-state index contributed by atoms with van der Waals surface area (Å²) >= 11 is 0. The summed E-state index contributed by atoms with van der Waals surface area (Å²) in [5, 5.41) is 10.9. The lowest BCUT2D eigenvalue weighted by Crippen LogP contribution is -2.41. The van der Waals surface area contributed by atoms with Crippen molar-refractivity contribution in [2.75, 3.05) is 6.54 Å². The number of benzene rings is 1. The second kappa shape index (κ2) is 6.83. The first kappa shape index (κ1) is 16.6. The molecule has 4 heteroatoms. The van der Waals surface area contributed by atoms with Gasteiger partial charge in [-0.3, -0.25) is 4.79 Å². The molecule has 25 heavy (non-hydrogen) atoms. The van der Waals surface area contributed by atoms with Gasteiger partial charge in [-0.1, -0.05) is 25.1 Å². The number of aliphatic hydroxyl groups excluding tert-OH is 1. The van der Waals surface area contributed by atoms with E-state index in [4.69, 9.17) is 4.42 Å². The number of carbonyl (C=O) groups is 1. The molecule has 1 N–H and O–H groups in total. The fraction of sp³-hybridized carbons (Fsp3) is 0.571. The molecule has 1 atom stereocenters. The molecule has 1 aliphatic carbocycles. The number of furan rings is 1. The Morgan fingerprint density at radius 2 is 1.92 bits per heavy atom. The van der Waals surface area contributed by atoms with E-state index in [0.717, 1.165) is 56.4 Å². The Labute approximate surface area is 148 Å². The minimum absolute atomic E-state index is 0.0395. The Balaban J connectivity index is 1.49. The summed E-state index contributed by atoms with van der Waals surface area (Å²) in [5.74, 6) is 1.31. The van der Waals surface area contributed by atoms with Crippen molar-refractivity contribution < 1.29 is 14.3 Å². The van der Waals surface area contributed by atoms with Gasteiger partial charge in [0.05, 0.1) is 6.10 Å². The molecule has 0 bridgehead atoms. The van der Waals surface area contributed by atoms with Crippen LogP contribution in [0.25, 0.3) is 11.0 Å². The standard InChI is InChI=1S/C21H27NO3/c1-2-17-18-5-3-4-6-19(18)25-20(17)13-14-11-12-22(21(14)24)15-7-9-16(23)10-8-15/h3-6,14-16,23H,2,7-13H2,1H3. The van der Waals surface area contributed by atoms with Gasteiger partial charge in [0, 0.05) is 35.9 Å². The molecule has 1 aromatic carbocycles. The maximum atomic E-state index is 12.9. The monoisotopic (exact) mass is 341 g/mol. The maximum absolute atomic E-state index is 12.9. The van der Waals surface area contributed by atoms with Crippen LogP contribution in [0.5, 0.6) is 0 Å². The topological polar surface area (TPSA) is 53.7 Å². The summed E-state index contributed by atoms with van der Waals surface area (Å²) in [6.07, 6.45) is 5.89. The molecule has 4 nitrogen and oxygen atoms in total. The van der Waals surface area contributed by atoms with Crippen LogP contribution >= 0.6 is 0 Å². The number of carbonyl (C=O) groups excluding carboxylic acids is 1. The second-order valence-corrected chi connectivity index (χ2v) is 7.54. The number of likely N-dealkylation sites (tertiary alicyclic amines) is 1. The molecule has 0 radical (unpaired) electrons. The van der Waals surface area contributed by atoms with E-state index in [1.807, 2.05) is 18.2 Å². The minimum atomic E-state index is -0.174. The third kappa shape index (κ3) is 3.08. The second-order valence-electron chi connectivity index (χ2n) is 7.54. The van der Waals surface area contributed by atoms with Gasteiger partial charge in [-0.05, 0) is 44.6 Å². The normalized spacial score (nSPS) is 27.4. The largest absolute Gasteiger partial charge is 0.461 e. The molecular weight excluding hydrogens is 314 g/mol. The van der Waals surface area contributed by atoms with Gasteiger partial charge < -0.3 is 14.4 Å². The first-order chi connectivity index (χ1) is 12.2. The number of para-hydroxylation sites is 1. The predicted molar refractivity (Wildman–Crippen MR) is 97.4 cm³/mol. The molecule has 4 rings (SSSR count). The third-order valence-corrected chi connectivity index (χ3v) is 6.03. The van der Waals surface area contributed by atoms with Gasteiger partial charge in [-0.2, -0.15) is 0 Å². The van der Waals surface area contributed by atoms with Crippen LogP contribution in [0.15, 0.2) is 28.7 Å². The third-order valence-electron chi connectivity index (χ3n) is 6.03. The lowest BCUT2D eigenvalue weighted by atomic mass is 9.92. The zero-order valence-electron chi connectivity index (χ0n) is 14.9. The Morgan fingerprint density at radius 1 is 1.16 bits per heavy atom. The molecule has 1 saturated carbocycles.